The quantitative estimate of drug-likeness (QED) is 0.563. The summed E-state index contributed by atoms with van der Waals surface area (Å²) in [5.41, 5.74) is 7.73. The Morgan fingerprint density at radius 3 is 2.67 bits per heavy atom. The van der Waals surface area contributed by atoms with Gasteiger partial charge in [-0.1, -0.05) is 37.6 Å². The second-order valence-corrected chi connectivity index (χ2v) is 7.87. The summed E-state index contributed by atoms with van der Waals surface area (Å²) in [7, 11) is 1.78. The van der Waals surface area contributed by atoms with Gasteiger partial charge in [0.2, 0.25) is 0 Å². The summed E-state index contributed by atoms with van der Waals surface area (Å²) in [5.74, 6) is 0.0203. The average Bonchev–Trinajstić information content (AvgIpc) is 3.34. The zero-order valence-electron chi connectivity index (χ0n) is 18.1. The van der Waals surface area contributed by atoms with Crippen LogP contribution in [0.1, 0.15) is 50.8 Å². The Kier molecular flexibility index (Phi) is 5.53. The van der Waals surface area contributed by atoms with Crippen LogP contribution in [0.3, 0.4) is 0 Å². The largest absolute Gasteiger partial charge is 0.345 e. The van der Waals surface area contributed by atoms with Crippen LogP contribution in [0.15, 0.2) is 64.9 Å². The van der Waals surface area contributed by atoms with Crippen LogP contribution >= 0.6 is 0 Å². The van der Waals surface area contributed by atoms with Crippen LogP contribution in [0.2, 0.25) is 0 Å². The van der Waals surface area contributed by atoms with Gasteiger partial charge in [-0.15, -0.1) is 0 Å². The Morgan fingerprint density at radius 1 is 1.20 bits per heavy atom. The predicted octanol–water partition coefficient (Wildman–Crippen LogP) is 5.40. The van der Waals surface area contributed by atoms with Crippen LogP contribution in [0, 0.1) is 0 Å². The number of hydrogen-bond acceptors (Lipinski definition) is 3. The lowest BCUT2D eigenvalue weighted by atomic mass is 9.93. The molecule has 154 valence electrons. The molecular weight excluding hydrogens is 372 g/mol. The summed E-state index contributed by atoms with van der Waals surface area (Å²) in [6.45, 7) is 6.10. The molecule has 1 aliphatic heterocycles. The number of hydrogen-bond donors (Lipinski definition) is 1. The first-order chi connectivity index (χ1) is 14.5. The third kappa shape index (κ3) is 3.45. The maximum atomic E-state index is 13.4. The van der Waals surface area contributed by atoms with Gasteiger partial charge in [0.05, 0.1) is 23.4 Å². The Bertz CT molecular complexity index is 1140. The lowest BCUT2D eigenvalue weighted by Crippen LogP contribution is -2.30. The van der Waals surface area contributed by atoms with Crippen LogP contribution in [0.4, 0.5) is 5.69 Å². The predicted molar refractivity (Wildman–Crippen MR) is 123 cm³/mol. The number of aromatic amines is 1. The minimum Gasteiger partial charge on any atom is -0.345 e. The van der Waals surface area contributed by atoms with Crippen LogP contribution < -0.4 is 4.90 Å². The van der Waals surface area contributed by atoms with E-state index in [0.717, 1.165) is 45.6 Å². The van der Waals surface area contributed by atoms with Crippen LogP contribution in [0.25, 0.3) is 11.0 Å². The molecule has 5 nitrogen and oxygen atoms in total. The molecule has 3 aromatic rings. The van der Waals surface area contributed by atoms with Gasteiger partial charge in [-0.05, 0) is 56.0 Å². The number of aliphatic imine (C=N–C) groups is 1. The molecule has 30 heavy (non-hydrogen) atoms. The third-order valence-electron chi connectivity index (χ3n) is 6.00. The number of benzene rings is 2. The third-order valence-corrected chi connectivity index (χ3v) is 6.00. The number of carbonyl (C=O) groups excluding carboxylic acids is 1. The smallest absolute Gasteiger partial charge is 0.255 e. The Hall–Kier alpha value is -3.21. The molecule has 1 atom stereocenters. The summed E-state index contributed by atoms with van der Waals surface area (Å²) >= 11 is 0. The molecule has 0 fully saturated rings. The highest BCUT2D eigenvalue weighted by Crippen LogP contribution is 2.42. The molecule has 0 bridgehead atoms. The highest BCUT2D eigenvalue weighted by atomic mass is 16.2. The van der Waals surface area contributed by atoms with E-state index in [2.05, 4.69) is 46.1 Å². The molecule has 0 aliphatic carbocycles. The average molecular weight is 401 g/mol. The molecule has 0 saturated heterocycles. The molecule has 1 amide bonds. The number of imidazole rings is 1. The summed E-state index contributed by atoms with van der Waals surface area (Å²) in [4.78, 5) is 27.2. The molecule has 4 rings (SSSR count). The summed E-state index contributed by atoms with van der Waals surface area (Å²) in [6.07, 6.45) is 5.12. The molecule has 2 heterocycles. The molecule has 1 N–H and O–H groups in total. The lowest BCUT2D eigenvalue weighted by molar-refractivity contribution is -0.114. The van der Waals surface area contributed by atoms with E-state index in [1.54, 1.807) is 13.4 Å². The van der Waals surface area contributed by atoms with Gasteiger partial charge in [-0.3, -0.25) is 14.7 Å². The van der Waals surface area contributed by atoms with Gasteiger partial charge in [0.15, 0.2) is 0 Å². The molecule has 1 aromatic heterocycles. The van der Waals surface area contributed by atoms with Crippen LogP contribution in [-0.2, 0) is 11.2 Å². The lowest BCUT2D eigenvalue weighted by Gasteiger charge is -2.28. The maximum absolute atomic E-state index is 13.4. The van der Waals surface area contributed by atoms with Crippen LogP contribution in [-0.4, -0.2) is 28.6 Å². The number of nitrogens with zero attached hydrogens (tertiary/aromatic N) is 3. The first kappa shape index (κ1) is 20.1. The van der Waals surface area contributed by atoms with Gasteiger partial charge in [0.1, 0.15) is 0 Å². The molecule has 5 heteroatoms. The van der Waals surface area contributed by atoms with Crippen molar-refractivity contribution in [2.24, 2.45) is 4.99 Å². The van der Waals surface area contributed by atoms with Crippen molar-refractivity contribution < 1.29 is 4.79 Å². The zero-order chi connectivity index (χ0) is 21.3. The van der Waals surface area contributed by atoms with Crippen molar-refractivity contribution in [1.82, 2.24) is 9.97 Å². The molecule has 0 radical (unpaired) electrons. The molecule has 1 unspecified atom stereocenters. The van der Waals surface area contributed by atoms with Gasteiger partial charge < -0.3 is 4.98 Å². The van der Waals surface area contributed by atoms with E-state index in [9.17, 15) is 4.79 Å². The van der Waals surface area contributed by atoms with Crippen molar-refractivity contribution in [3.8, 4) is 0 Å². The number of carbonyl (C=O) groups is 1. The van der Waals surface area contributed by atoms with Gasteiger partial charge >= 0.3 is 0 Å². The maximum Gasteiger partial charge on any atom is 0.255 e. The number of fused-ring (bicyclic) bond motifs is 1. The highest BCUT2D eigenvalue weighted by molar-refractivity contribution is 6.18. The van der Waals surface area contributed by atoms with E-state index in [1.807, 2.05) is 36.9 Å². The second-order valence-electron chi connectivity index (χ2n) is 7.87. The molecule has 2 aromatic carbocycles. The number of rotatable bonds is 6. The monoisotopic (exact) mass is 400 g/mol. The number of unbranched alkanes of at least 4 members (excludes halogenated alkanes) is 1. The van der Waals surface area contributed by atoms with E-state index in [0.29, 0.717) is 0 Å². The summed E-state index contributed by atoms with van der Waals surface area (Å²) in [6, 6.07) is 14.4. The van der Waals surface area contributed by atoms with E-state index in [4.69, 9.17) is 0 Å². The number of aromatic nitrogens is 2. The fourth-order valence-electron chi connectivity index (χ4n) is 4.24. The fraction of sp³-hybridized carbons (Fsp3) is 0.320. The molecule has 0 saturated carbocycles. The first-order valence-electron chi connectivity index (χ1n) is 10.5. The zero-order valence-corrected chi connectivity index (χ0v) is 18.1. The van der Waals surface area contributed by atoms with E-state index >= 15 is 0 Å². The van der Waals surface area contributed by atoms with Gasteiger partial charge in [0.25, 0.3) is 5.91 Å². The van der Waals surface area contributed by atoms with Crippen LogP contribution in [0.5, 0.6) is 0 Å². The molecule has 0 spiro atoms. The normalized spacial score (nSPS) is 17.5. The standard InChI is InChI=1S/C25H28N4O/c1-5-6-7-18-8-10-19(11-9-18)24-23(17(3)26-4)16(2)25(30)29(24)20-12-13-21-22(14-20)28-15-27-21/h8-15,24H,5-7H2,1-4H3,(H,27,28). The van der Waals surface area contributed by atoms with Crippen molar-refractivity contribution in [3.63, 3.8) is 0 Å². The summed E-state index contributed by atoms with van der Waals surface area (Å²) in [5, 5.41) is 0. The Balaban J connectivity index is 1.81. The van der Waals surface area contributed by atoms with E-state index in [-0.39, 0.29) is 11.9 Å². The molecular formula is C25H28N4O. The van der Waals surface area contributed by atoms with Crippen molar-refractivity contribution in [3.05, 3.63) is 71.1 Å². The molecule has 1 aliphatic rings. The van der Waals surface area contributed by atoms with Crippen molar-refractivity contribution in [2.75, 3.05) is 11.9 Å². The minimum atomic E-state index is -0.193. The fourth-order valence-corrected chi connectivity index (χ4v) is 4.24. The van der Waals surface area contributed by atoms with Gasteiger partial charge in [-0.25, -0.2) is 4.98 Å². The van der Waals surface area contributed by atoms with Gasteiger partial charge in [-0.2, -0.15) is 0 Å². The number of H-pyrrole nitrogens is 1. The Labute approximate surface area is 177 Å². The number of nitrogens with one attached hydrogen (secondary N) is 1. The Morgan fingerprint density at radius 2 is 1.97 bits per heavy atom. The first-order valence-corrected chi connectivity index (χ1v) is 10.5. The van der Waals surface area contributed by atoms with E-state index in [1.165, 1.54) is 18.4 Å². The highest BCUT2D eigenvalue weighted by Gasteiger charge is 2.40. The second kappa shape index (κ2) is 8.27. The van der Waals surface area contributed by atoms with Gasteiger partial charge in [0, 0.05) is 29.6 Å². The van der Waals surface area contributed by atoms with E-state index < -0.39 is 0 Å². The van der Waals surface area contributed by atoms with Crippen molar-refractivity contribution >= 4 is 28.3 Å². The minimum absolute atomic E-state index is 0.0203. The number of amides is 1. The topological polar surface area (TPSA) is 61.4 Å². The van der Waals surface area contributed by atoms with Crippen molar-refractivity contribution in [1.29, 1.82) is 0 Å². The summed E-state index contributed by atoms with van der Waals surface area (Å²) < 4.78 is 0. The van der Waals surface area contributed by atoms with Crippen molar-refractivity contribution in [2.45, 2.75) is 46.1 Å². The SMILES string of the molecule is CCCCc1ccc(C2C(C(C)=NC)=C(C)C(=O)N2c2ccc3nc[nH]c3c2)cc1. The number of aryl methyl sites for hydroxylation is 1. The number of anilines is 1.